The third-order valence-corrected chi connectivity index (χ3v) is 5.18. The normalized spacial score (nSPS) is 11.3. The van der Waals surface area contributed by atoms with E-state index < -0.39 is 24.1 Å². The SMILES string of the molecule is COc1ccc2c(c1)c(CC(=O)OCC(=O)OC(C)(C)C)c(C)n2C(=O)c1ccc(Cl)cc1. The molecule has 33 heavy (non-hydrogen) atoms. The number of esters is 2. The predicted octanol–water partition coefficient (Wildman–Crippen LogP) is 4.73. The van der Waals surface area contributed by atoms with Crippen LogP contribution >= 0.6 is 11.6 Å². The highest BCUT2D eigenvalue weighted by atomic mass is 35.5. The summed E-state index contributed by atoms with van der Waals surface area (Å²) in [5.74, 6) is -0.908. The highest BCUT2D eigenvalue weighted by molar-refractivity contribution is 6.30. The minimum Gasteiger partial charge on any atom is -0.497 e. The first-order valence-electron chi connectivity index (χ1n) is 10.4. The molecule has 0 aliphatic heterocycles. The van der Waals surface area contributed by atoms with Crippen LogP contribution in [0.25, 0.3) is 10.9 Å². The molecule has 1 aromatic heterocycles. The van der Waals surface area contributed by atoms with Gasteiger partial charge < -0.3 is 14.2 Å². The number of nitrogens with zero attached hydrogens (tertiary/aromatic N) is 1. The molecule has 0 amide bonds. The topological polar surface area (TPSA) is 83.8 Å². The van der Waals surface area contributed by atoms with Crippen molar-refractivity contribution in [3.8, 4) is 5.75 Å². The van der Waals surface area contributed by atoms with Crippen molar-refractivity contribution < 1.29 is 28.6 Å². The molecule has 0 aliphatic rings. The van der Waals surface area contributed by atoms with Crippen molar-refractivity contribution in [1.29, 1.82) is 0 Å². The molecule has 0 spiro atoms. The Kier molecular flexibility index (Phi) is 7.12. The van der Waals surface area contributed by atoms with E-state index in [4.69, 9.17) is 25.8 Å². The van der Waals surface area contributed by atoms with Crippen molar-refractivity contribution in [2.75, 3.05) is 13.7 Å². The summed E-state index contributed by atoms with van der Waals surface area (Å²) in [6.45, 7) is 6.47. The van der Waals surface area contributed by atoms with E-state index in [9.17, 15) is 14.4 Å². The summed E-state index contributed by atoms with van der Waals surface area (Å²) in [5.41, 5.74) is 1.61. The minimum absolute atomic E-state index is 0.126. The zero-order valence-electron chi connectivity index (χ0n) is 19.2. The van der Waals surface area contributed by atoms with Gasteiger partial charge in [0, 0.05) is 21.7 Å². The number of methoxy groups -OCH3 is 1. The Morgan fingerprint density at radius 3 is 2.27 bits per heavy atom. The van der Waals surface area contributed by atoms with E-state index in [2.05, 4.69) is 0 Å². The van der Waals surface area contributed by atoms with E-state index in [1.165, 1.54) is 0 Å². The molecule has 0 N–H and O–H groups in total. The molecule has 0 saturated carbocycles. The molecule has 0 fully saturated rings. The van der Waals surface area contributed by atoms with Crippen LogP contribution in [0.1, 0.15) is 42.4 Å². The Hall–Kier alpha value is -3.32. The van der Waals surface area contributed by atoms with Crippen molar-refractivity contribution in [2.45, 2.75) is 39.7 Å². The second-order valence-electron chi connectivity index (χ2n) is 8.52. The van der Waals surface area contributed by atoms with Crippen LogP contribution in [0.15, 0.2) is 42.5 Å². The van der Waals surface area contributed by atoms with Gasteiger partial charge in [0.15, 0.2) is 6.61 Å². The third-order valence-electron chi connectivity index (χ3n) is 4.93. The van der Waals surface area contributed by atoms with E-state index in [0.717, 1.165) is 0 Å². The summed E-state index contributed by atoms with van der Waals surface area (Å²) in [6.07, 6.45) is -0.126. The Balaban J connectivity index is 1.93. The average Bonchev–Trinajstić information content (AvgIpc) is 3.01. The van der Waals surface area contributed by atoms with Gasteiger partial charge in [-0.05, 0) is 75.7 Å². The monoisotopic (exact) mass is 471 g/mol. The van der Waals surface area contributed by atoms with E-state index in [0.29, 0.717) is 38.5 Å². The van der Waals surface area contributed by atoms with Gasteiger partial charge in [-0.25, -0.2) is 4.79 Å². The highest BCUT2D eigenvalue weighted by Gasteiger charge is 2.23. The summed E-state index contributed by atoms with van der Waals surface area (Å²) in [4.78, 5) is 37.7. The molecule has 0 unspecified atom stereocenters. The molecule has 1 heterocycles. The van der Waals surface area contributed by atoms with Crippen LogP contribution in [0, 0.1) is 6.92 Å². The quantitative estimate of drug-likeness (QED) is 0.483. The fourth-order valence-corrected chi connectivity index (χ4v) is 3.63. The van der Waals surface area contributed by atoms with Gasteiger partial charge in [-0.1, -0.05) is 11.6 Å². The number of aromatic nitrogens is 1. The number of hydrogen-bond donors (Lipinski definition) is 0. The van der Waals surface area contributed by atoms with Crippen LogP contribution in [0.3, 0.4) is 0 Å². The molecule has 8 heteroatoms. The Bertz CT molecular complexity index is 1200. The zero-order chi connectivity index (χ0) is 24.3. The zero-order valence-corrected chi connectivity index (χ0v) is 20.0. The molecule has 0 aliphatic carbocycles. The fraction of sp³-hybridized carbons (Fsp3) is 0.320. The van der Waals surface area contributed by atoms with E-state index >= 15 is 0 Å². The van der Waals surface area contributed by atoms with Crippen molar-refractivity contribution in [1.82, 2.24) is 4.57 Å². The number of carbonyl (C=O) groups is 3. The second-order valence-corrected chi connectivity index (χ2v) is 8.95. The standard InChI is InChI=1S/C25H26ClNO6/c1-15-19(13-22(28)32-14-23(29)33-25(2,3)4)20-12-18(31-5)10-11-21(20)27(15)24(30)16-6-8-17(26)9-7-16/h6-12H,13-14H2,1-5H3. The smallest absolute Gasteiger partial charge is 0.344 e. The summed E-state index contributed by atoms with van der Waals surface area (Å²) in [6, 6.07) is 11.9. The molecule has 174 valence electrons. The van der Waals surface area contributed by atoms with Crippen molar-refractivity contribution in [3.05, 3.63) is 64.3 Å². The number of rotatable bonds is 6. The molecule has 0 atom stereocenters. The molecule has 3 rings (SSSR count). The van der Waals surface area contributed by atoms with Crippen molar-refractivity contribution in [2.24, 2.45) is 0 Å². The Labute approximate surface area is 197 Å². The van der Waals surface area contributed by atoms with Crippen LogP contribution in [0.5, 0.6) is 5.75 Å². The molecular formula is C25H26ClNO6. The summed E-state index contributed by atoms with van der Waals surface area (Å²) in [5, 5.41) is 1.21. The van der Waals surface area contributed by atoms with Crippen LogP contribution in [-0.2, 0) is 25.5 Å². The number of benzene rings is 2. The largest absolute Gasteiger partial charge is 0.497 e. The third kappa shape index (κ3) is 5.73. The lowest BCUT2D eigenvalue weighted by Gasteiger charge is -2.19. The lowest BCUT2D eigenvalue weighted by atomic mass is 10.1. The molecule has 7 nitrogen and oxygen atoms in total. The first-order chi connectivity index (χ1) is 15.5. The van der Waals surface area contributed by atoms with Gasteiger partial charge in [0.2, 0.25) is 0 Å². The van der Waals surface area contributed by atoms with Crippen LogP contribution in [-0.4, -0.2) is 41.7 Å². The van der Waals surface area contributed by atoms with Crippen molar-refractivity contribution >= 4 is 40.3 Å². The molecular weight excluding hydrogens is 446 g/mol. The predicted molar refractivity (Wildman–Crippen MR) is 125 cm³/mol. The number of hydrogen-bond acceptors (Lipinski definition) is 6. The van der Waals surface area contributed by atoms with Gasteiger partial charge in [-0.15, -0.1) is 0 Å². The fourth-order valence-electron chi connectivity index (χ4n) is 3.50. The molecule has 0 saturated heterocycles. The Morgan fingerprint density at radius 2 is 1.67 bits per heavy atom. The number of halogens is 1. The van der Waals surface area contributed by atoms with E-state index in [1.54, 1.807) is 81.8 Å². The maximum atomic E-state index is 13.3. The van der Waals surface area contributed by atoms with Gasteiger partial charge in [0.1, 0.15) is 11.4 Å². The summed E-state index contributed by atoms with van der Waals surface area (Å²) in [7, 11) is 1.54. The van der Waals surface area contributed by atoms with Crippen LogP contribution in [0.4, 0.5) is 0 Å². The first-order valence-corrected chi connectivity index (χ1v) is 10.7. The number of ether oxygens (including phenoxy) is 3. The number of fused-ring (bicyclic) bond motifs is 1. The molecule has 0 radical (unpaired) electrons. The minimum atomic E-state index is -0.675. The molecule has 3 aromatic rings. The lowest BCUT2D eigenvalue weighted by molar-refractivity contribution is -0.166. The van der Waals surface area contributed by atoms with Gasteiger partial charge >= 0.3 is 11.9 Å². The second kappa shape index (κ2) is 9.67. The lowest BCUT2D eigenvalue weighted by Crippen LogP contribution is -2.27. The highest BCUT2D eigenvalue weighted by Crippen LogP contribution is 2.31. The number of carbonyl (C=O) groups excluding carboxylic acids is 3. The van der Waals surface area contributed by atoms with E-state index in [1.807, 2.05) is 0 Å². The molecule has 2 aromatic carbocycles. The summed E-state index contributed by atoms with van der Waals surface area (Å²) >= 11 is 5.95. The maximum Gasteiger partial charge on any atom is 0.344 e. The van der Waals surface area contributed by atoms with Crippen molar-refractivity contribution in [3.63, 3.8) is 0 Å². The average molecular weight is 472 g/mol. The van der Waals surface area contributed by atoms with Gasteiger partial charge in [0.25, 0.3) is 5.91 Å². The van der Waals surface area contributed by atoms with E-state index in [-0.39, 0.29) is 12.3 Å². The van der Waals surface area contributed by atoms with Crippen LogP contribution < -0.4 is 4.74 Å². The van der Waals surface area contributed by atoms with Crippen LogP contribution in [0.2, 0.25) is 5.02 Å². The van der Waals surface area contributed by atoms with Gasteiger partial charge in [-0.2, -0.15) is 0 Å². The Morgan fingerprint density at radius 1 is 1.00 bits per heavy atom. The molecule has 0 bridgehead atoms. The van der Waals surface area contributed by atoms with Gasteiger partial charge in [-0.3, -0.25) is 14.2 Å². The summed E-state index contributed by atoms with van der Waals surface area (Å²) < 4.78 is 17.2. The first kappa shape index (κ1) is 24.3. The van der Waals surface area contributed by atoms with Gasteiger partial charge in [0.05, 0.1) is 19.0 Å². The maximum absolute atomic E-state index is 13.3.